The van der Waals surface area contributed by atoms with E-state index in [9.17, 15) is 14.4 Å². The van der Waals surface area contributed by atoms with Crippen molar-refractivity contribution in [1.29, 1.82) is 0 Å². The summed E-state index contributed by atoms with van der Waals surface area (Å²) in [5.74, 6) is -0.365. The van der Waals surface area contributed by atoms with Gasteiger partial charge >= 0.3 is 0 Å². The molecule has 6 heteroatoms. The van der Waals surface area contributed by atoms with Gasteiger partial charge in [0, 0.05) is 37.5 Å². The lowest BCUT2D eigenvalue weighted by Gasteiger charge is -2.22. The first-order valence-electron chi connectivity index (χ1n) is 9.22. The van der Waals surface area contributed by atoms with Gasteiger partial charge in [0.2, 0.25) is 5.91 Å². The molecule has 0 spiro atoms. The number of carbonyl (C=O) groups excluding carboxylic acids is 2. The number of amides is 2. The van der Waals surface area contributed by atoms with Crippen LogP contribution in [0, 0.1) is 0 Å². The zero-order valence-corrected chi connectivity index (χ0v) is 15.1. The number of fused-ring (bicyclic) bond motifs is 1. The summed E-state index contributed by atoms with van der Waals surface area (Å²) in [5, 5.41) is 6.51. The van der Waals surface area contributed by atoms with Crippen LogP contribution in [0.5, 0.6) is 0 Å². The van der Waals surface area contributed by atoms with E-state index >= 15 is 0 Å². The predicted octanol–water partition coefficient (Wildman–Crippen LogP) is 2.11. The lowest BCUT2D eigenvalue weighted by atomic mass is 9.95. The zero-order valence-electron chi connectivity index (χ0n) is 15.1. The number of para-hydroxylation sites is 1. The number of nitrogens with one attached hydrogen (secondary N) is 2. The molecule has 1 aromatic carbocycles. The quantitative estimate of drug-likeness (QED) is 0.862. The summed E-state index contributed by atoms with van der Waals surface area (Å²) in [7, 11) is 1.68. The van der Waals surface area contributed by atoms with Gasteiger partial charge in [-0.15, -0.1) is 0 Å². The maximum Gasteiger partial charge on any atom is 0.252 e. The molecule has 0 aliphatic heterocycles. The number of rotatable bonds is 5. The number of hydrogen-bond donors (Lipinski definition) is 2. The van der Waals surface area contributed by atoms with Crippen LogP contribution in [0.15, 0.2) is 35.1 Å². The average Bonchev–Trinajstić information content (AvgIpc) is 2.65. The van der Waals surface area contributed by atoms with Gasteiger partial charge in [-0.05, 0) is 18.9 Å². The molecule has 6 nitrogen and oxygen atoms in total. The highest BCUT2D eigenvalue weighted by Gasteiger charge is 2.16. The summed E-state index contributed by atoms with van der Waals surface area (Å²) >= 11 is 0. The summed E-state index contributed by atoms with van der Waals surface area (Å²) in [6.07, 6.45) is 5.89. The monoisotopic (exact) mass is 355 g/mol. The van der Waals surface area contributed by atoms with Crippen molar-refractivity contribution in [3.05, 3.63) is 46.2 Å². The molecule has 0 unspecified atom stereocenters. The average molecular weight is 355 g/mol. The molecular formula is C20H25N3O3. The van der Waals surface area contributed by atoms with E-state index in [1.54, 1.807) is 7.05 Å². The fourth-order valence-electron chi connectivity index (χ4n) is 3.53. The maximum atomic E-state index is 12.5. The van der Waals surface area contributed by atoms with Crippen LogP contribution in [0.25, 0.3) is 10.9 Å². The van der Waals surface area contributed by atoms with E-state index in [-0.39, 0.29) is 36.4 Å². The first-order valence-corrected chi connectivity index (χ1v) is 9.22. The Morgan fingerprint density at radius 2 is 1.88 bits per heavy atom. The third kappa shape index (κ3) is 4.12. The lowest BCUT2D eigenvalue weighted by molar-refractivity contribution is -0.121. The highest BCUT2D eigenvalue weighted by atomic mass is 16.2. The summed E-state index contributed by atoms with van der Waals surface area (Å²) in [4.78, 5) is 36.6. The van der Waals surface area contributed by atoms with Crippen molar-refractivity contribution >= 4 is 22.7 Å². The van der Waals surface area contributed by atoms with Crippen molar-refractivity contribution in [2.45, 2.75) is 44.6 Å². The van der Waals surface area contributed by atoms with E-state index in [0.717, 1.165) is 31.1 Å². The van der Waals surface area contributed by atoms with Crippen LogP contribution >= 0.6 is 0 Å². The minimum absolute atomic E-state index is 0.0361. The lowest BCUT2D eigenvalue weighted by Crippen LogP contribution is -2.38. The van der Waals surface area contributed by atoms with Gasteiger partial charge in [-0.1, -0.05) is 37.5 Å². The minimum atomic E-state index is -0.329. The summed E-state index contributed by atoms with van der Waals surface area (Å²) in [6.45, 7) is 0.251. The van der Waals surface area contributed by atoms with Gasteiger partial charge < -0.3 is 15.2 Å². The first kappa shape index (κ1) is 18.2. The SMILES string of the molecule is Cn1c(=O)cc(C(=O)NCCC(=O)NC2CCCCC2)c2ccccc21. The van der Waals surface area contributed by atoms with Crippen LogP contribution < -0.4 is 16.2 Å². The molecule has 2 N–H and O–H groups in total. The second kappa shape index (κ2) is 8.17. The zero-order chi connectivity index (χ0) is 18.5. The fourth-order valence-corrected chi connectivity index (χ4v) is 3.53. The number of aromatic nitrogens is 1. The molecule has 0 radical (unpaired) electrons. The van der Waals surface area contributed by atoms with Crippen molar-refractivity contribution in [3.63, 3.8) is 0 Å². The Balaban J connectivity index is 1.60. The Bertz CT molecular complexity index is 866. The number of pyridine rings is 1. The molecule has 2 aromatic rings. The van der Waals surface area contributed by atoms with Gasteiger partial charge in [-0.25, -0.2) is 0 Å². The molecule has 0 saturated heterocycles. The third-order valence-electron chi connectivity index (χ3n) is 5.01. The van der Waals surface area contributed by atoms with E-state index in [1.165, 1.54) is 17.1 Å². The Kier molecular flexibility index (Phi) is 5.71. The van der Waals surface area contributed by atoms with Gasteiger partial charge in [0.25, 0.3) is 11.5 Å². The largest absolute Gasteiger partial charge is 0.353 e. The maximum absolute atomic E-state index is 12.5. The predicted molar refractivity (Wildman–Crippen MR) is 101 cm³/mol. The summed E-state index contributed by atoms with van der Waals surface area (Å²) in [5.41, 5.74) is 0.820. The minimum Gasteiger partial charge on any atom is -0.353 e. The van der Waals surface area contributed by atoms with E-state index in [4.69, 9.17) is 0 Å². The molecule has 26 heavy (non-hydrogen) atoms. The fraction of sp³-hybridized carbons (Fsp3) is 0.450. The standard InChI is InChI=1S/C20H25N3O3/c1-23-17-10-6-5-9-15(17)16(13-19(23)25)20(26)21-12-11-18(24)22-14-7-3-2-4-8-14/h5-6,9-10,13-14H,2-4,7-8,11-12H2,1H3,(H,21,26)(H,22,24). The van der Waals surface area contributed by atoms with E-state index in [1.807, 2.05) is 24.3 Å². The molecule has 1 aliphatic rings. The van der Waals surface area contributed by atoms with Gasteiger partial charge in [-0.2, -0.15) is 0 Å². The molecule has 138 valence electrons. The normalized spacial score (nSPS) is 15.0. The summed E-state index contributed by atoms with van der Waals surface area (Å²) in [6, 6.07) is 8.91. The van der Waals surface area contributed by atoms with Crippen LogP contribution in [-0.4, -0.2) is 29.0 Å². The number of carbonyl (C=O) groups is 2. The number of nitrogens with zero attached hydrogens (tertiary/aromatic N) is 1. The molecule has 1 aromatic heterocycles. The highest BCUT2D eigenvalue weighted by molar-refractivity contribution is 6.06. The van der Waals surface area contributed by atoms with Crippen molar-refractivity contribution in [3.8, 4) is 0 Å². The molecule has 3 rings (SSSR count). The van der Waals surface area contributed by atoms with Gasteiger partial charge in [0.1, 0.15) is 0 Å². The van der Waals surface area contributed by atoms with Crippen molar-refractivity contribution in [1.82, 2.24) is 15.2 Å². The van der Waals surface area contributed by atoms with Crippen molar-refractivity contribution in [2.75, 3.05) is 6.54 Å². The second-order valence-electron chi connectivity index (χ2n) is 6.88. The molecule has 1 heterocycles. The smallest absolute Gasteiger partial charge is 0.252 e. The second-order valence-corrected chi connectivity index (χ2v) is 6.88. The van der Waals surface area contributed by atoms with Crippen LogP contribution in [0.4, 0.5) is 0 Å². The van der Waals surface area contributed by atoms with Crippen LogP contribution in [0.2, 0.25) is 0 Å². The molecule has 0 bridgehead atoms. The van der Waals surface area contributed by atoms with E-state index in [2.05, 4.69) is 10.6 Å². The third-order valence-corrected chi connectivity index (χ3v) is 5.01. The van der Waals surface area contributed by atoms with E-state index in [0.29, 0.717) is 11.1 Å². The van der Waals surface area contributed by atoms with Gasteiger partial charge in [0.15, 0.2) is 0 Å². The number of hydrogen-bond acceptors (Lipinski definition) is 3. The number of benzene rings is 1. The highest BCUT2D eigenvalue weighted by Crippen LogP contribution is 2.17. The van der Waals surface area contributed by atoms with Gasteiger partial charge in [-0.3, -0.25) is 14.4 Å². The number of aryl methyl sites for hydroxylation is 1. The Hall–Kier alpha value is -2.63. The molecule has 1 aliphatic carbocycles. The van der Waals surface area contributed by atoms with E-state index < -0.39 is 0 Å². The Morgan fingerprint density at radius 3 is 2.65 bits per heavy atom. The molecule has 2 amide bonds. The topological polar surface area (TPSA) is 80.2 Å². The summed E-state index contributed by atoms with van der Waals surface area (Å²) < 4.78 is 1.52. The first-order chi connectivity index (χ1) is 12.6. The Labute approximate surface area is 152 Å². The molecular weight excluding hydrogens is 330 g/mol. The van der Waals surface area contributed by atoms with Crippen molar-refractivity contribution < 1.29 is 9.59 Å². The van der Waals surface area contributed by atoms with Crippen LogP contribution in [0.3, 0.4) is 0 Å². The van der Waals surface area contributed by atoms with Crippen LogP contribution in [0.1, 0.15) is 48.9 Å². The molecule has 1 saturated carbocycles. The molecule has 1 fully saturated rings. The van der Waals surface area contributed by atoms with Gasteiger partial charge in [0.05, 0.1) is 11.1 Å². The van der Waals surface area contributed by atoms with Crippen LogP contribution in [-0.2, 0) is 11.8 Å². The Morgan fingerprint density at radius 1 is 1.15 bits per heavy atom. The molecule has 0 atom stereocenters. The van der Waals surface area contributed by atoms with Crippen molar-refractivity contribution in [2.24, 2.45) is 7.05 Å².